The van der Waals surface area contributed by atoms with E-state index in [1.807, 2.05) is 47.5 Å². The molecule has 2 aromatic heterocycles. The Hall–Kier alpha value is -1.86. The van der Waals surface area contributed by atoms with Crippen molar-refractivity contribution in [3.63, 3.8) is 0 Å². The van der Waals surface area contributed by atoms with Crippen molar-refractivity contribution in [3.8, 4) is 10.8 Å². The van der Waals surface area contributed by atoms with E-state index in [1.54, 1.807) is 0 Å². The summed E-state index contributed by atoms with van der Waals surface area (Å²) in [5, 5.41) is 2.75. The third-order valence-electron chi connectivity index (χ3n) is 5.16. The monoisotopic (exact) mass is 453 g/mol. The lowest BCUT2D eigenvalue weighted by Gasteiger charge is -2.16. The lowest BCUT2D eigenvalue weighted by atomic mass is 9.89. The summed E-state index contributed by atoms with van der Waals surface area (Å²) in [7, 11) is 0. The number of carbonyl (C=O) groups excluding carboxylic acids is 1. The zero-order valence-electron chi connectivity index (χ0n) is 16.1. The second-order valence-electron chi connectivity index (χ2n) is 7.04. The van der Waals surface area contributed by atoms with Crippen LogP contribution in [0, 0.1) is 12.8 Å². The third-order valence-corrected chi connectivity index (χ3v) is 6.07. The predicted molar refractivity (Wildman–Crippen MR) is 121 cm³/mol. The molecule has 1 saturated heterocycles. The van der Waals surface area contributed by atoms with E-state index >= 15 is 0 Å². The Bertz CT molecular complexity index is 929. The number of aromatic nitrogens is 1. The van der Waals surface area contributed by atoms with Gasteiger partial charge in [-0.2, -0.15) is 0 Å². The van der Waals surface area contributed by atoms with Gasteiger partial charge in [-0.1, -0.05) is 30.3 Å². The number of hydrogen-bond acceptors (Lipinski definition) is 5. The van der Waals surface area contributed by atoms with E-state index in [-0.39, 0.29) is 30.7 Å². The first-order valence-corrected chi connectivity index (χ1v) is 10.1. The van der Waals surface area contributed by atoms with Gasteiger partial charge in [0.05, 0.1) is 12.1 Å². The number of hydrogen-bond donors (Lipinski definition) is 1. The largest absolute Gasteiger partial charge is 0.459 e. The van der Waals surface area contributed by atoms with Crippen LogP contribution in [-0.2, 0) is 11.2 Å². The van der Waals surface area contributed by atoms with Crippen LogP contribution in [0.25, 0.3) is 10.8 Å². The number of aryl methyl sites for hydroxylation is 1. The van der Waals surface area contributed by atoms with E-state index in [2.05, 4.69) is 17.1 Å². The number of benzene rings is 1. The normalized spacial score (nSPS) is 18.2. The van der Waals surface area contributed by atoms with Gasteiger partial charge >= 0.3 is 0 Å². The fraction of sp³-hybridized carbons (Fsp3) is 0.333. The molecule has 0 aliphatic carbocycles. The van der Waals surface area contributed by atoms with Gasteiger partial charge in [0, 0.05) is 24.4 Å². The van der Waals surface area contributed by atoms with Crippen molar-refractivity contribution in [1.82, 2.24) is 9.88 Å². The minimum atomic E-state index is 0. The molecule has 3 aromatic rings. The van der Waals surface area contributed by atoms with E-state index in [1.165, 1.54) is 16.9 Å². The van der Waals surface area contributed by atoms with E-state index in [4.69, 9.17) is 10.2 Å². The molecule has 1 fully saturated rings. The fourth-order valence-corrected chi connectivity index (χ4v) is 4.49. The zero-order valence-corrected chi connectivity index (χ0v) is 18.6. The van der Waals surface area contributed by atoms with Crippen molar-refractivity contribution in [2.45, 2.75) is 19.3 Å². The van der Waals surface area contributed by atoms with Gasteiger partial charge in [-0.25, -0.2) is 4.98 Å². The Morgan fingerprint density at radius 1 is 1.21 bits per heavy atom. The number of nitrogens with zero attached hydrogens (tertiary/aromatic N) is 2. The van der Waals surface area contributed by atoms with Crippen molar-refractivity contribution in [2.24, 2.45) is 11.7 Å². The summed E-state index contributed by atoms with van der Waals surface area (Å²) in [5.41, 5.74) is 8.04. The molecule has 2 N–H and O–H groups in total. The second kappa shape index (κ2) is 10.3. The van der Waals surface area contributed by atoms with Crippen molar-refractivity contribution in [2.75, 3.05) is 19.6 Å². The number of thiazole rings is 1. The van der Waals surface area contributed by atoms with Crippen molar-refractivity contribution in [1.29, 1.82) is 0 Å². The van der Waals surface area contributed by atoms with Gasteiger partial charge in [-0.15, -0.1) is 36.2 Å². The van der Waals surface area contributed by atoms with E-state index in [9.17, 15) is 4.79 Å². The summed E-state index contributed by atoms with van der Waals surface area (Å²) in [6.45, 7) is 3.93. The first-order chi connectivity index (χ1) is 13.1. The summed E-state index contributed by atoms with van der Waals surface area (Å²) < 4.78 is 5.62. The number of rotatable bonds is 5. The molecule has 156 valence electrons. The summed E-state index contributed by atoms with van der Waals surface area (Å²) in [6.07, 6.45) is 0.314. The van der Waals surface area contributed by atoms with Crippen LogP contribution in [0.2, 0.25) is 0 Å². The predicted octanol–water partition coefficient (Wildman–Crippen LogP) is 4.30. The second-order valence-corrected chi connectivity index (χ2v) is 7.90. The standard InChI is InChI=1S/C21H23N3O2S.2ClH/c1-14-7-8-19(26-14)21-23-17(13-27-21)9-20(25)24-11-16(10-22)18(12-24)15-5-3-2-4-6-15;;/h2-8,13,16,18H,9-12,22H2,1H3;2*1H/t16-,18+;;/m1../s1. The number of carbonyl (C=O) groups is 1. The van der Waals surface area contributed by atoms with Crippen LogP contribution in [0.1, 0.15) is 22.9 Å². The minimum Gasteiger partial charge on any atom is -0.459 e. The van der Waals surface area contributed by atoms with E-state index in [0.717, 1.165) is 28.8 Å². The highest BCUT2D eigenvalue weighted by molar-refractivity contribution is 7.13. The van der Waals surface area contributed by atoms with Gasteiger partial charge in [0.15, 0.2) is 10.8 Å². The summed E-state index contributed by atoms with van der Waals surface area (Å²) in [5.74, 6) is 2.32. The summed E-state index contributed by atoms with van der Waals surface area (Å²) in [6, 6.07) is 14.2. The van der Waals surface area contributed by atoms with Crippen LogP contribution in [0.3, 0.4) is 0 Å². The highest BCUT2D eigenvalue weighted by Gasteiger charge is 2.35. The molecule has 0 bridgehead atoms. The van der Waals surface area contributed by atoms with Gasteiger partial charge in [0.1, 0.15) is 5.76 Å². The number of halogens is 2. The van der Waals surface area contributed by atoms with Crippen LogP contribution in [-0.4, -0.2) is 35.4 Å². The maximum Gasteiger partial charge on any atom is 0.228 e. The molecule has 0 spiro atoms. The number of furan rings is 1. The first-order valence-electron chi connectivity index (χ1n) is 9.18. The average Bonchev–Trinajstić information content (AvgIpc) is 3.41. The molecule has 4 rings (SSSR count). The Labute approximate surface area is 187 Å². The maximum absolute atomic E-state index is 12.8. The molecule has 1 aliphatic rings. The molecular formula is C21H25Cl2N3O2S. The SMILES string of the molecule is Cc1ccc(-c2nc(CC(=O)N3C[C@@H](CN)[C@H](c4ccccc4)C3)cs2)o1.Cl.Cl. The van der Waals surface area contributed by atoms with Crippen LogP contribution in [0.4, 0.5) is 0 Å². The van der Waals surface area contributed by atoms with Crippen LogP contribution < -0.4 is 5.73 Å². The Kier molecular flexibility index (Phi) is 8.28. The quantitative estimate of drug-likeness (QED) is 0.624. The third kappa shape index (κ3) is 5.20. The lowest BCUT2D eigenvalue weighted by Crippen LogP contribution is -2.31. The Balaban J connectivity index is 0.00000150. The van der Waals surface area contributed by atoms with E-state index in [0.29, 0.717) is 31.3 Å². The molecule has 8 heteroatoms. The summed E-state index contributed by atoms with van der Waals surface area (Å²) in [4.78, 5) is 19.3. The highest BCUT2D eigenvalue weighted by atomic mass is 35.5. The van der Waals surface area contributed by atoms with Crippen LogP contribution in [0.5, 0.6) is 0 Å². The van der Waals surface area contributed by atoms with Gasteiger partial charge in [0.25, 0.3) is 0 Å². The maximum atomic E-state index is 12.8. The molecule has 5 nitrogen and oxygen atoms in total. The minimum absolute atomic E-state index is 0. The summed E-state index contributed by atoms with van der Waals surface area (Å²) >= 11 is 1.51. The molecule has 0 unspecified atom stereocenters. The Morgan fingerprint density at radius 2 is 1.97 bits per heavy atom. The van der Waals surface area contributed by atoms with E-state index < -0.39 is 0 Å². The molecule has 0 radical (unpaired) electrons. The topological polar surface area (TPSA) is 72.4 Å². The Morgan fingerprint density at radius 3 is 2.62 bits per heavy atom. The van der Waals surface area contributed by atoms with Gasteiger partial charge in [-0.3, -0.25) is 4.79 Å². The lowest BCUT2D eigenvalue weighted by molar-refractivity contribution is -0.129. The van der Waals surface area contributed by atoms with Crippen molar-refractivity contribution >= 4 is 42.1 Å². The van der Waals surface area contributed by atoms with Gasteiger partial charge in [0.2, 0.25) is 5.91 Å². The number of amides is 1. The molecule has 29 heavy (non-hydrogen) atoms. The van der Waals surface area contributed by atoms with Crippen LogP contribution in [0.15, 0.2) is 52.3 Å². The van der Waals surface area contributed by atoms with Gasteiger partial charge < -0.3 is 15.1 Å². The molecule has 1 amide bonds. The average molecular weight is 454 g/mol. The zero-order chi connectivity index (χ0) is 18.8. The van der Waals surface area contributed by atoms with Gasteiger partial charge in [-0.05, 0) is 37.1 Å². The molecule has 1 aliphatic heterocycles. The fourth-order valence-electron chi connectivity index (χ4n) is 3.71. The molecule has 2 atom stereocenters. The molecular weight excluding hydrogens is 429 g/mol. The highest BCUT2D eigenvalue weighted by Crippen LogP contribution is 2.32. The molecule has 0 saturated carbocycles. The molecule has 1 aromatic carbocycles. The molecule has 3 heterocycles. The number of likely N-dealkylation sites (tertiary alicyclic amines) is 1. The first kappa shape index (κ1) is 23.4. The van der Waals surface area contributed by atoms with Crippen molar-refractivity contribution < 1.29 is 9.21 Å². The smallest absolute Gasteiger partial charge is 0.228 e. The van der Waals surface area contributed by atoms with Crippen molar-refractivity contribution in [3.05, 3.63) is 64.9 Å². The number of nitrogens with two attached hydrogens (primary N) is 1. The van der Waals surface area contributed by atoms with Crippen LogP contribution >= 0.6 is 36.2 Å².